The fourth-order valence-electron chi connectivity index (χ4n) is 1.55. The van der Waals surface area contributed by atoms with Gasteiger partial charge in [-0.2, -0.15) is 0 Å². The van der Waals surface area contributed by atoms with Gasteiger partial charge in [0.05, 0.1) is 5.69 Å². The third-order valence-electron chi connectivity index (χ3n) is 2.46. The molecule has 0 aliphatic carbocycles. The van der Waals surface area contributed by atoms with Crippen LogP contribution in [-0.4, -0.2) is 15.7 Å². The Balaban J connectivity index is 2.02. The number of rotatable bonds is 6. The second kappa shape index (κ2) is 7.55. The number of nitrogens with zero attached hydrogens (tertiary/aromatic N) is 1. The van der Waals surface area contributed by atoms with Crippen molar-refractivity contribution in [3.8, 4) is 0 Å². The lowest BCUT2D eigenvalue weighted by Crippen LogP contribution is -2.10. The van der Waals surface area contributed by atoms with E-state index < -0.39 is 0 Å². The van der Waals surface area contributed by atoms with Crippen LogP contribution in [0.15, 0.2) is 51.2 Å². The summed E-state index contributed by atoms with van der Waals surface area (Å²) < 4.78 is 0. The molecule has 1 aromatic heterocycles. The Morgan fingerprint density at radius 1 is 1.20 bits per heavy atom. The Hall–Kier alpha value is -1.20. The van der Waals surface area contributed by atoms with E-state index >= 15 is 0 Å². The molecular weight excluding hydrogens is 288 g/mol. The first-order valence-electron chi connectivity index (χ1n) is 6.54. The number of benzene rings is 1. The van der Waals surface area contributed by atoms with Crippen molar-refractivity contribution in [2.24, 2.45) is 5.92 Å². The van der Waals surface area contributed by atoms with Crippen molar-refractivity contribution in [2.75, 3.05) is 5.75 Å². The van der Waals surface area contributed by atoms with E-state index in [4.69, 9.17) is 0 Å². The van der Waals surface area contributed by atoms with Gasteiger partial charge in [0.15, 0.2) is 5.16 Å². The maximum Gasteiger partial charge on any atom is 0.251 e. The van der Waals surface area contributed by atoms with Crippen LogP contribution in [0.2, 0.25) is 0 Å². The second-order valence-corrected chi connectivity index (χ2v) is 6.91. The second-order valence-electron chi connectivity index (χ2n) is 4.85. The summed E-state index contributed by atoms with van der Waals surface area (Å²) in [5.74, 6) is 2.24. The Kier molecular flexibility index (Phi) is 5.73. The first-order valence-corrected chi connectivity index (χ1v) is 8.51. The quantitative estimate of drug-likeness (QED) is 0.651. The van der Waals surface area contributed by atoms with Crippen molar-refractivity contribution >= 4 is 23.5 Å². The Labute approximate surface area is 127 Å². The average molecular weight is 306 g/mol. The molecule has 106 valence electrons. The van der Waals surface area contributed by atoms with Gasteiger partial charge in [-0.05, 0) is 18.1 Å². The summed E-state index contributed by atoms with van der Waals surface area (Å²) >= 11 is 3.29. The van der Waals surface area contributed by atoms with Crippen molar-refractivity contribution < 1.29 is 0 Å². The molecular formula is C15H18N2OS2. The molecule has 1 aromatic carbocycles. The lowest BCUT2D eigenvalue weighted by Gasteiger charge is -2.06. The number of hydrogen-bond acceptors (Lipinski definition) is 4. The molecule has 3 nitrogen and oxygen atoms in total. The number of aromatic nitrogens is 2. The molecule has 1 heterocycles. The predicted molar refractivity (Wildman–Crippen MR) is 86.4 cm³/mol. The van der Waals surface area contributed by atoms with Crippen LogP contribution in [-0.2, 0) is 5.75 Å². The summed E-state index contributed by atoms with van der Waals surface area (Å²) in [4.78, 5) is 20.1. The molecule has 0 radical (unpaired) electrons. The molecule has 5 heteroatoms. The topological polar surface area (TPSA) is 45.8 Å². The molecule has 20 heavy (non-hydrogen) atoms. The normalized spacial score (nSPS) is 10.9. The van der Waals surface area contributed by atoms with Crippen LogP contribution in [0.3, 0.4) is 0 Å². The third-order valence-corrected chi connectivity index (χ3v) is 4.80. The minimum absolute atomic E-state index is 0.0742. The van der Waals surface area contributed by atoms with Crippen molar-refractivity contribution in [1.29, 1.82) is 0 Å². The summed E-state index contributed by atoms with van der Waals surface area (Å²) in [6.07, 6.45) is 0. The van der Waals surface area contributed by atoms with Crippen LogP contribution in [0, 0.1) is 5.92 Å². The molecule has 1 N–H and O–H groups in total. The van der Waals surface area contributed by atoms with Gasteiger partial charge < -0.3 is 4.98 Å². The SMILES string of the molecule is CC(C)CSc1nc(CSc2ccccc2)cc(=O)[nH]1. The zero-order valence-corrected chi connectivity index (χ0v) is 13.3. The highest BCUT2D eigenvalue weighted by molar-refractivity contribution is 7.99. The van der Waals surface area contributed by atoms with E-state index in [2.05, 4.69) is 35.9 Å². The van der Waals surface area contributed by atoms with E-state index in [1.165, 1.54) is 4.90 Å². The van der Waals surface area contributed by atoms with Gasteiger partial charge >= 0.3 is 0 Å². The molecule has 2 aromatic rings. The summed E-state index contributed by atoms with van der Waals surface area (Å²) in [5, 5.41) is 0.717. The Morgan fingerprint density at radius 3 is 2.65 bits per heavy atom. The van der Waals surface area contributed by atoms with Gasteiger partial charge in [-0.15, -0.1) is 11.8 Å². The first kappa shape index (κ1) is 15.2. The zero-order valence-electron chi connectivity index (χ0n) is 11.6. The standard InChI is InChI=1S/C15H18N2OS2/c1-11(2)9-20-15-16-12(8-14(18)17-15)10-19-13-6-4-3-5-7-13/h3-8,11H,9-10H2,1-2H3,(H,16,17,18). The Morgan fingerprint density at radius 2 is 1.95 bits per heavy atom. The van der Waals surface area contributed by atoms with E-state index in [1.54, 1.807) is 29.6 Å². The van der Waals surface area contributed by atoms with Crippen LogP contribution >= 0.6 is 23.5 Å². The lowest BCUT2D eigenvalue weighted by molar-refractivity contribution is 0.746. The average Bonchev–Trinajstić information content (AvgIpc) is 2.44. The van der Waals surface area contributed by atoms with E-state index in [0.29, 0.717) is 11.7 Å². The fourth-order valence-corrected chi connectivity index (χ4v) is 3.20. The van der Waals surface area contributed by atoms with Gasteiger partial charge in [0.25, 0.3) is 5.56 Å². The van der Waals surface area contributed by atoms with E-state index in [0.717, 1.165) is 16.6 Å². The molecule has 0 aliphatic rings. The molecule has 0 aliphatic heterocycles. The van der Waals surface area contributed by atoms with Crippen LogP contribution in [0.25, 0.3) is 0 Å². The number of nitrogens with one attached hydrogen (secondary N) is 1. The van der Waals surface area contributed by atoms with E-state index in [9.17, 15) is 4.79 Å². The fraction of sp³-hybridized carbons (Fsp3) is 0.333. The van der Waals surface area contributed by atoms with Crippen LogP contribution in [0.1, 0.15) is 19.5 Å². The Bertz CT molecular complexity index is 596. The van der Waals surface area contributed by atoms with Crippen LogP contribution in [0.5, 0.6) is 0 Å². The molecule has 0 saturated heterocycles. The van der Waals surface area contributed by atoms with E-state index in [-0.39, 0.29) is 5.56 Å². The van der Waals surface area contributed by atoms with Crippen molar-refractivity contribution in [3.05, 3.63) is 52.4 Å². The van der Waals surface area contributed by atoms with Gasteiger partial charge in [0.2, 0.25) is 0 Å². The van der Waals surface area contributed by atoms with Crippen molar-refractivity contribution in [2.45, 2.75) is 29.7 Å². The molecule has 0 unspecified atom stereocenters. The summed E-state index contributed by atoms with van der Waals surface area (Å²) in [6.45, 7) is 4.31. The predicted octanol–water partition coefficient (Wildman–Crippen LogP) is 3.81. The van der Waals surface area contributed by atoms with Gasteiger partial charge in [-0.1, -0.05) is 43.8 Å². The number of H-pyrrole nitrogens is 1. The van der Waals surface area contributed by atoms with Crippen LogP contribution < -0.4 is 5.56 Å². The molecule has 0 amide bonds. The van der Waals surface area contributed by atoms with Crippen LogP contribution in [0.4, 0.5) is 0 Å². The zero-order chi connectivity index (χ0) is 14.4. The molecule has 0 saturated carbocycles. The summed E-state index contributed by atoms with van der Waals surface area (Å²) in [5.41, 5.74) is 0.753. The molecule has 0 bridgehead atoms. The minimum atomic E-state index is -0.0742. The third kappa shape index (κ3) is 5.06. The minimum Gasteiger partial charge on any atom is -0.301 e. The maximum absolute atomic E-state index is 11.6. The van der Waals surface area contributed by atoms with Gasteiger partial charge in [0, 0.05) is 22.5 Å². The largest absolute Gasteiger partial charge is 0.301 e. The van der Waals surface area contributed by atoms with Crippen molar-refractivity contribution in [3.63, 3.8) is 0 Å². The lowest BCUT2D eigenvalue weighted by atomic mass is 10.3. The number of aromatic amines is 1. The molecule has 0 atom stereocenters. The number of hydrogen-bond donors (Lipinski definition) is 1. The molecule has 2 rings (SSSR count). The highest BCUT2D eigenvalue weighted by atomic mass is 32.2. The maximum atomic E-state index is 11.6. The summed E-state index contributed by atoms with van der Waals surface area (Å²) in [6, 6.07) is 11.7. The monoisotopic (exact) mass is 306 g/mol. The first-order chi connectivity index (χ1) is 9.63. The highest BCUT2D eigenvalue weighted by Crippen LogP contribution is 2.22. The summed E-state index contributed by atoms with van der Waals surface area (Å²) in [7, 11) is 0. The van der Waals surface area contributed by atoms with Gasteiger partial charge in [-0.25, -0.2) is 4.98 Å². The number of thioether (sulfide) groups is 2. The van der Waals surface area contributed by atoms with Gasteiger partial charge in [-0.3, -0.25) is 4.79 Å². The van der Waals surface area contributed by atoms with Crippen molar-refractivity contribution in [1.82, 2.24) is 9.97 Å². The molecule has 0 fully saturated rings. The smallest absolute Gasteiger partial charge is 0.251 e. The molecule has 0 spiro atoms. The highest BCUT2D eigenvalue weighted by Gasteiger charge is 2.04. The van der Waals surface area contributed by atoms with E-state index in [1.807, 2.05) is 18.2 Å². The van der Waals surface area contributed by atoms with Gasteiger partial charge in [0.1, 0.15) is 0 Å².